The molecule has 1 aromatic rings. The highest BCUT2D eigenvalue weighted by Crippen LogP contribution is 2.19. The van der Waals surface area contributed by atoms with Crippen LogP contribution in [0.3, 0.4) is 0 Å². The Morgan fingerprint density at radius 2 is 2.29 bits per heavy atom. The van der Waals surface area contributed by atoms with Gasteiger partial charge in [0.2, 0.25) is 0 Å². The fourth-order valence-electron chi connectivity index (χ4n) is 1.26. The third-order valence-electron chi connectivity index (χ3n) is 2.22. The summed E-state index contributed by atoms with van der Waals surface area (Å²) in [6.45, 7) is 4.10. The molecule has 0 aliphatic carbocycles. The van der Waals surface area contributed by atoms with E-state index >= 15 is 0 Å². The molecule has 94 valence electrons. The van der Waals surface area contributed by atoms with Crippen LogP contribution in [0.2, 0.25) is 5.02 Å². The summed E-state index contributed by atoms with van der Waals surface area (Å²) in [5.41, 5.74) is 0.286. The molecule has 0 heterocycles. The standard InChI is InChI=1S/C12H15ClFNO2/c1-3-17-12(16)8(2)7-15-11-6-9(13)4-5-10(11)14/h4-6,8,15H,3,7H2,1-2H3. The fraction of sp³-hybridized carbons (Fsp3) is 0.417. The molecule has 1 aromatic carbocycles. The van der Waals surface area contributed by atoms with Gasteiger partial charge in [-0.3, -0.25) is 4.79 Å². The summed E-state index contributed by atoms with van der Waals surface area (Å²) >= 11 is 5.75. The largest absolute Gasteiger partial charge is 0.466 e. The van der Waals surface area contributed by atoms with Gasteiger partial charge in [0.05, 0.1) is 18.2 Å². The van der Waals surface area contributed by atoms with E-state index in [1.165, 1.54) is 18.2 Å². The molecule has 0 spiro atoms. The zero-order valence-corrected chi connectivity index (χ0v) is 10.6. The number of carbonyl (C=O) groups excluding carboxylic acids is 1. The number of hydrogen-bond donors (Lipinski definition) is 1. The molecular weight excluding hydrogens is 245 g/mol. The summed E-state index contributed by atoms with van der Waals surface area (Å²) in [5.74, 6) is -1.04. The smallest absolute Gasteiger partial charge is 0.310 e. The second-order valence-corrected chi connectivity index (χ2v) is 4.09. The van der Waals surface area contributed by atoms with Gasteiger partial charge in [0, 0.05) is 11.6 Å². The monoisotopic (exact) mass is 259 g/mol. The Bertz CT molecular complexity index is 398. The number of carbonyl (C=O) groups is 1. The molecule has 0 amide bonds. The molecule has 0 aliphatic rings. The zero-order chi connectivity index (χ0) is 12.8. The van der Waals surface area contributed by atoms with Crippen LogP contribution in [0.25, 0.3) is 0 Å². The maximum absolute atomic E-state index is 13.3. The molecule has 3 nitrogen and oxygen atoms in total. The lowest BCUT2D eigenvalue weighted by atomic mass is 10.2. The highest BCUT2D eigenvalue weighted by atomic mass is 35.5. The van der Waals surface area contributed by atoms with Gasteiger partial charge >= 0.3 is 5.97 Å². The van der Waals surface area contributed by atoms with Crippen LogP contribution in [0.1, 0.15) is 13.8 Å². The average molecular weight is 260 g/mol. The first-order valence-electron chi connectivity index (χ1n) is 5.40. The van der Waals surface area contributed by atoms with Crippen LogP contribution in [0.5, 0.6) is 0 Å². The first-order valence-corrected chi connectivity index (χ1v) is 5.78. The van der Waals surface area contributed by atoms with Crippen LogP contribution in [0.4, 0.5) is 10.1 Å². The van der Waals surface area contributed by atoms with Crippen molar-refractivity contribution in [3.8, 4) is 0 Å². The van der Waals surface area contributed by atoms with Gasteiger partial charge in [0.15, 0.2) is 0 Å². The van der Waals surface area contributed by atoms with Crippen molar-refractivity contribution in [1.82, 2.24) is 0 Å². The van der Waals surface area contributed by atoms with Gasteiger partial charge < -0.3 is 10.1 Å². The van der Waals surface area contributed by atoms with Crippen molar-refractivity contribution >= 4 is 23.3 Å². The van der Waals surface area contributed by atoms with Crippen LogP contribution < -0.4 is 5.32 Å². The minimum atomic E-state index is -0.398. The Kier molecular flexibility index (Phi) is 5.22. The predicted molar refractivity (Wildman–Crippen MR) is 65.7 cm³/mol. The van der Waals surface area contributed by atoms with Gasteiger partial charge in [-0.1, -0.05) is 18.5 Å². The highest BCUT2D eigenvalue weighted by molar-refractivity contribution is 6.30. The lowest BCUT2D eigenvalue weighted by molar-refractivity contribution is -0.146. The number of rotatable bonds is 5. The van der Waals surface area contributed by atoms with Gasteiger partial charge in [0.1, 0.15) is 5.82 Å². The van der Waals surface area contributed by atoms with Crippen molar-refractivity contribution in [3.63, 3.8) is 0 Å². The third kappa shape index (κ3) is 4.23. The molecule has 0 bridgehead atoms. The number of ether oxygens (including phenoxy) is 1. The van der Waals surface area contributed by atoms with E-state index in [1.54, 1.807) is 13.8 Å². The Morgan fingerprint density at radius 3 is 2.94 bits per heavy atom. The topological polar surface area (TPSA) is 38.3 Å². The normalized spacial score (nSPS) is 12.0. The Hall–Kier alpha value is -1.29. The van der Waals surface area contributed by atoms with E-state index in [9.17, 15) is 9.18 Å². The molecule has 5 heteroatoms. The molecule has 0 aromatic heterocycles. The number of hydrogen-bond acceptors (Lipinski definition) is 3. The average Bonchev–Trinajstić information content (AvgIpc) is 2.30. The maximum atomic E-state index is 13.3. The van der Waals surface area contributed by atoms with Crippen LogP contribution in [-0.4, -0.2) is 19.1 Å². The van der Waals surface area contributed by atoms with Crippen molar-refractivity contribution in [2.75, 3.05) is 18.5 Å². The Labute approximate surface area is 105 Å². The number of nitrogens with one attached hydrogen (secondary N) is 1. The van der Waals surface area contributed by atoms with Crippen LogP contribution in [0, 0.1) is 11.7 Å². The molecule has 0 saturated heterocycles. The quantitative estimate of drug-likeness (QED) is 0.826. The summed E-state index contributed by atoms with van der Waals surface area (Å²) in [5, 5.41) is 3.27. The van der Waals surface area contributed by atoms with Gasteiger partial charge in [-0.15, -0.1) is 0 Å². The fourth-order valence-corrected chi connectivity index (χ4v) is 1.44. The first kappa shape index (κ1) is 13.8. The first-order chi connectivity index (χ1) is 8.04. The van der Waals surface area contributed by atoms with Gasteiger partial charge in [0.25, 0.3) is 0 Å². The number of esters is 1. The van der Waals surface area contributed by atoms with Crippen molar-refractivity contribution < 1.29 is 13.9 Å². The summed E-state index contributed by atoms with van der Waals surface area (Å²) in [6, 6.07) is 4.23. The summed E-state index contributed by atoms with van der Waals surface area (Å²) < 4.78 is 18.2. The van der Waals surface area contributed by atoms with E-state index in [1.807, 2.05) is 0 Å². The number of halogens is 2. The highest BCUT2D eigenvalue weighted by Gasteiger charge is 2.14. The summed E-state index contributed by atoms with van der Waals surface area (Å²) in [4.78, 5) is 11.3. The second-order valence-electron chi connectivity index (χ2n) is 3.66. The minimum Gasteiger partial charge on any atom is -0.466 e. The molecule has 0 fully saturated rings. The molecule has 0 saturated carbocycles. The third-order valence-corrected chi connectivity index (χ3v) is 2.45. The minimum absolute atomic E-state index is 0.286. The molecule has 1 rings (SSSR count). The summed E-state index contributed by atoms with van der Waals surface area (Å²) in [7, 11) is 0. The van der Waals surface area contributed by atoms with Gasteiger partial charge in [-0.05, 0) is 25.1 Å². The molecule has 17 heavy (non-hydrogen) atoms. The van der Waals surface area contributed by atoms with E-state index < -0.39 is 5.82 Å². The van der Waals surface area contributed by atoms with Gasteiger partial charge in [-0.25, -0.2) is 4.39 Å². The van der Waals surface area contributed by atoms with Crippen LogP contribution in [0.15, 0.2) is 18.2 Å². The molecular formula is C12H15ClFNO2. The zero-order valence-electron chi connectivity index (χ0n) is 9.80. The van der Waals surface area contributed by atoms with E-state index in [4.69, 9.17) is 16.3 Å². The Balaban J connectivity index is 2.55. The van der Waals surface area contributed by atoms with E-state index in [-0.39, 0.29) is 17.6 Å². The van der Waals surface area contributed by atoms with E-state index in [0.29, 0.717) is 18.2 Å². The summed E-state index contributed by atoms with van der Waals surface area (Å²) in [6.07, 6.45) is 0. The predicted octanol–water partition coefficient (Wildman–Crippen LogP) is 3.09. The van der Waals surface area contributed by atoms with E-state index in [0.717, 1.165) is 0 Å². The number of anilines is 1. The second kappa shape index (κ2) is 6.45. The molecule has 1 atom stereocenters. The number of benzene rings is 1. The van der Waals surface area contributed by atoms with Crippen molar-refractivity contribution in [2.45, 2.75) is 13.8 Å². The van der Waals surface area contributed by atoms with Crippen LogP contribution >= 0.6 is 11.6 Å². The van der Waals surface area contributed by atoms with Crippen molar-refractivity contribution in [1.29, 1.82) is 0 Å². The molecule has 0 radical (unpaired) electrons. The molecule has 1 N–H and O–H groups in total. The van der Waals surface area contributed by atoms with Crippen molar-refractivity contribution in [3.05, 3.63) is 29.0 Å². The SMILES string of the molecule is CCOC(=O)C(C)CNc1cc(Cl)ccc1F. The molecule has 1 unspecified atom stereocenters. The Morgan fingerprint density at radius 1 is 1.59 bits per heavy atom. The van der Waals surface area contributed by atoms with E-state index in [2.05, 4.69) is 5.32 Å². The molecule has 0 aliphatic heterocycles. The van der Waals surface area contributed by atoms with Gasteiger partial charge in [-0.2, -0.15) is 0 Å². The lowest BCUT2D eigenvalue weighted by Gasteiger charge is -2.13. The lowest BCUT2D eigenvalue weighted by Crippen LogP contribution is -2.22. The van der Waals surface area contributed by atoms with Crippen molar-refractivity contribution in [2.24, 2.45) is 5.92 Å². The van der Waals surface area contributed by atoms with Crippen LogP contribution in [-0.2, 0) is 9.53 Å². The maximum Gasteiger partial charge on any atom is 0.310 e.